The van der Waals surface area contributed by atoms with Gasteiger partial charge in [0, 0.05) is 18.1 Å². The van der Waals surface area contributed by atoms with E-state index in [0.717, 1.165) is 16.6 Å². The van der Waals surface area contributed by atoms with Gasteiger partial charge in [0.2, 0.25) is 0 Å². The van der Waals surface area contributed by atoms with Crippen LogP contribution < -0.4 is 10.6 Å². The van der Waals surface area contributed by atoms with Crippen molar-refractivity contribution in [3.8, 4) is 0 Å². The first-order chi connectivity index (χ1) is 7.66. The minimum Gasteiger partial charge on any atom is -0.382 e. The molecule has 0 aliphatic rings. The van der Waals surface area contributed by atoms with Crippen LogP contribution in [-0.4, -0.2) is 12.0 Å². The lowest BCUT2D eigenvalue weighted by Crippen LogP contribution is -2.17. The molecule has 2 aromatic rings. The maximum atomic E-state index is 5.88. The SMILES string of the molecule is CN(Cc1ccc(Cl)s1)c1cccnc1N. The van der Waals surface area contributed by atoms with Gasteiger partial charge in [0.15, 0.2) is 0 Å². The molecule has 5 heteroatoms. The smallest absolute Gasteiger partial charge is 0.146 e. The third-order valence-corrected chi connectivity index (χ3v) is 3.47. The number of hydrogen-bond acceptors (Lipinski definition) is 4. The van der Waals surface area contributed by atoms with Gasteiger partial charge < -0.3 is 10.6 Å². The molecule has 0 unspecified atom stereocenters. The zero-order valence-electron chi connectivity index (χ0n) is 8.85. The number of thiophene rings is 1. The summed E-state index contributed by atoms with van der Waals surface area (Å²) in [6.07, 6.45) is 1.69. The predicted molar refractivity (Wildman–Crippen MR) is 70.1 cm³/mol. The second-order valence-corrected chi connectivity index (χ2v) is 5.27. The van der Waals surface area contributed by atoms with Crippen LogP contribution in [0, 0.1) is 0 Å². The van der Waals surface area contributed by atoms with Crippen LogP contribution in [-0.2, 0) is 6.54 Å². The van der Waals surface area contributed by atoms with Gasteiger partial charge in [-0.15, -0.1) is 11.3 Å². The fourth-order valence-corrected chi connectivity index (χ4v) is 2.63. The molecule has 16 heavy (non-hydrogen) atoms. The first-order valence-corrected chi connectivity index (χ1v) is 6.02. The zero-order valence-corrected chi connectivity index (χ0v) is 10.4. The van der Waals surface area contributed by atoms with Gasteiger partial charge in [-0.3, -0.25) is 0 Å². The highest BCUT2D eigenvalue weighted by molar-refractivity contribution is 7.16. The van der Waals surface area contributed by atoms with Crippen molar-refractivity contribution in [2.75, 3.05) is 17.7 Å². The van der Waals surface area contributed by atoms with E-state index < -0.39 is 0 Å². The molecule has 0 saturated carbocycles. The summed E-state index contributed by atoms with van der Waals surface area (Å²) < 4.78 is 0.808. The lowest BCUT2D eigenvalue weighted by atomic mass is 10.3. The molecule has 0 saturated heterocycles. The van der Waals surface area contributed by atoms with E-state index in [2.05, 4.69) is 9.88 Å². The van der Waals surface area contributed by atoms with E-state index in [1.54, 1.807) is 17.5 Å². The minimum absolute atomic E-state index is 0.549. The molecule has 2 rings (SSSR count). The fraction of sp³-hybridized carbons (Fsp3) is 0.182. The summed E-state index contributed by atoms with van der Waals surface area (Å²) in [6, 6.07) is 7.76. The van der Waals surface area contributed by atoms with Gasteiger partial charge in [-0.25, -0.2) is 4.98 Å². The number of hydrogen-bond donors (Lipinski definition) is 1. The summed E-state index contributed by atoms with van der Waals surface area (Å²) in [6.45, 7) is 0.785. The molecule has 0 amide bonds. The second kappa shape index (κ2) is 4.72. The lowest BCUT2D eigenvalue weighted by Gasteiger charge is -2.19. The van der Waals surface area contributed by atoms with Crippen molar-refractivity contribution >= 4 is 34.4 Å². The summed E-state index contributed by atoms with van der Waals surface area (Å²) >= 11 is 7.46. The third-order valence-electron chi connectivity index (χ3n) is 2.25. The molecule has 0 atom stereocenters. The first-order valence-electron chi connectivity index (χ1n) is 4.82. The van der Waals surface area contributed by atoms with E-state index in [-0.39, 0.29) is 0 Å². The standard InChI is InChI=1S/C11H12ClN3S/c1-15(7-8-4-5-10(12)16-8)9-3-2-6-14-11(9)13/h2-6H,7H2,1H3,(H2,13,14). The van der Waals surface area contributed by atoms with E-state index in [0.29, 0.717) is 5.82 Å². The topological polar surface area (TPSA) is 42.2 Å². The summed E-state index contributed by atoms with van der Waals surface area (Å²) in [5.74, 6) is 0.549. The normalized spacial score (nSPS) is 10.4. The molecule has 0 fully saturated rings. The van der Waals surface area contributed by atoms with E-state index in [4.69, 9.17) is 17.3 Å². The van der Waals surface area contributed by atoms with Gasteiger partial charge >= 0.3 is 0 Å². The van der Waals surface area contributed by atoms with Crippen molar-refractivity contribution in [2.24, 2.45) is 0 Å². The number of rotatable bonds is 3. The van der Waals surface area contributed by atoms with E-state index in [1.165, 1.54) is 4.88 Å². The van der Waals surface area contributed by atoms with Crippen molar-refractivity contribution in [2.45, 2.75) is 6.54 Å². The highest BCUT2D eigenvalue weighted by atomic mass is 35.5. The van der Waals surface area contributed by atoms with E-state index >= 15 is 0 Å². The van der Waals surface area contributed by atoms with Crippen molar-refractivity contribution in [1.82, 2.24) is 4.98 Å². The number of halogens is 1. The molecule has 2 N–H and O–H groups in total. The highest BCUT2D eigenvalue weighted by Crippen LogP contribution is 2.25. The van der Waals surface area contributed by atoms with E-state index in [1.807, 2.05) is 31.3 Å². The van der Waals surface area contributed by atoms with Gasteiger partial charge in [0.1, 0.15) is 5.82 Å². The van der Waals surface area contributed by atoms with Gasteiger partial charge in [-0.2, -0.15) is 0 Å². The Kier molecular flexibility index (Phi) is 3.31. The molecular weight excluding hydrogens is 242 g/mol. The number of nitrogens with two attached hydrogens (primary N) is 1. The molecule has 0 aliphatic carbocycles. The largest absolute Gasteiger partial charge is 0.382 e. The van der Waals surface area contributed by atoms with Crippen molar-refractivity contribution in [1.29, 1.82) is 0 Å². The van der Waals surface area contributed by atoms with Crippen LogP contribution in [0.2, 0.25) is 4.34 Å². The number of anilines is 2. The van der Waals surface area contributed by atoms with Gasteiger partial charge in [-0.1, -0.05) is 11.6 Å². The van der Waals surface area contributed by atoms with Gasteiger partial charge in [0.25, 0.3) is 0 Å². The first kappa shape index (κ1) is 11.2. The summed E-state index contributed by atoms with van der Waals surface area (Å²) in [7, 11) is 1.99. The predicted octanol–water partition coefficient (Wildman–Crippen LogP) is 3.02. The fourth-order valence-electron chi connectivity index (χ4n) is 1.49. The molecule has 0 spiro atoms. The second-order valence-electron chi connectivity index (χ2n) is 3.47. The minimum atomic E-state index is 0.549. The van der Waals surface area contributed by atoms with Crippen LogP contribution in [0.1, 0.15) is 4.88 Å². The molecule has 2 aromatic heterocycles. The quantitative estimate of drug-likeness (QED) is 0.914. The van der Waals surface area contributed by atoms with Crippen molar-refractivity contribution in [3.63, 3.8) is 0 Å². The monoisotopic (exact) mass is 253 g/mol. The Morgan fingerprint density at radius 3 is 2.88 bits per heavy atom. The van der Waals surface area contributed by atoms with Crippen LogP contribution in [0.15, 0.2) is 30.5 Å². The molecule has 2 heterocycles. The Labute approximate surface area is 103 Å². The molecule has 3 nitrogen and oxygen atoms in total. The Hall–Kier alpha value is -1.26. The molecule has 0 aromatic carbocycles. The van der Waals surface area contributed by atoms with Crippen LogP contribution in [0.25, 0.3) is 0 Å². The summed E-state index contributed by atoms with van der Waals surface area (Å²) in [5.41, 5.74) is 6.74. The number of aromatic nitrogens is 1. The molecule has 0 bridgehead atoms. The molecule has 0 aliphatic heterocycles. The van der Waals surface area contributed by atoms with Crippen LogP contribution in [0.5, 0.6) is 0 Å². The maximum absolute atomic E-state index is 5.88. The zero-order chi connectivity index (χ0) is 11.5. The van der Waals surface area contributed by atoms with Crippen molar-refractivity contribution < 1.29 is 0 Å². The van der Waals surface area contributed by atoms with Gasteiger partial charge in [0.05, 0.1) is 16.6 Å². The van der Waals surface area contributed by atoms with Crippen LogP contribution in [0.3, 0.4) is 0 Å². The Morgan fingerprint density at radius 1 is 1.44 bits per heavy atom. The number of nitrogen functional groups attached to an aromatic ring is 1. The average Bonchev–Trinajstić information content (AvgIpc) is 2.64. The van der Waals surface area contributed by atoms with Crippen LogP contribution in [0.4, 0.5) is 11.5 Å². The summed E-state index contributed by atoms with van der Waals surface area (Å²) in [5, 5.41) is 0. The molecular formula is C11H12ClN3S. The van der Waals surface area contributed by atoms with Crippen LogP contribution >= 0.6 is 22.9 Å². The molecule has 0 radical (unpaired) electrons. The highest BCUT2D eigenvalue weighted by Gasteiger charge is 2.07. The third kappa shape index (κ3) is 2.46. The Balaban J connectivity index is 2.14. The Bertz CT molecular complexity index is 484. The van der Waals surface area contributed by atoms with Crippen molar-refractivity contribution in [3.05, 3.63) is 39.7 Å². The average molecular weight is 254 g/mol. The lowest BCUT2D eigenvalue weighted by molar-refractivity contribution is 0.937. The maximum Gasteiger partial charge on any atom is 0.146 e. The van der Waals surface area contributed by atoms with E-state index in [9.17, 15) is 0 Å². The summed E-state index contributed by atoms with van der Waals surface area (Å²) in [4.78, 5) is 7.32. The number of pyridine rings is 1. The number of nitrogens with zero attached hydrogens (tertiary/aromatic N) is 2. The molecule has 84 valence electrons. The Morgan fingerprint density at radius 2 is 2.25 bits per heavy atom. The van der Waals surface area contributed by atoms with Gasteiger partial charge in [-0.05, 0) is 24.3 Å².